The minimum atomic E-state index is -3.53. The molecule has 1 aliphatic heterocycles. The molecule has 1 aliphatic rings. The van der Waals surface area contributed by atoms with Crippen LogP contribution in [-0.2, 0) is 19.6 Å². The fourth-order valence-corrected chi connectivity index (χ4v) is 3.72. The average Bonchev–Trinajstić information content (AvgIpc) is 2.60. The van der Waals surface area contributed by atoms with E-state index in [0.717, 1.165) is 32.8 Å². The lowest BCUT2D eigenvalue weighted by Crippen LogP contribution is -2.42. The third-order valence-electron chi connectivity index (χ3n) is 3.75. The van der Waals surface area contributed by atoms with Gasteiger partial charge < -0.3 is 14.8 Å². The van der Waals surface area contributed by atoms with Crippen LogP contribution in [0.15, 0.2) is 29.2 Å². The number of sulfonamides is 1. The molecule has 146 valence electrons. The third kappa shape index (κ3) is 6.91. The van der Waals surface area contributed by atoms with Gasteiger partial charge in [0.25, 0.3) is 5.91 Å². The van der Waals surface area contributed by atoms with Gasteiger partial charge in [0, 0.05) is 32.2 Å². The molecule has 1 aromatic rings. The molecule has 26 heavy (non-hydrogen) atoms. The first-order chi connectivity index (χ1) is 12.4. The number of rotatable bonds is 9. The number of morpholine rings is 1. The summed E-state index contributed by atoms with van der Waals surface area (Å²) in [5, 5.41) is 2.81. The molecular weight excluding hydrogens is 358 g/mol. The van der Waals surface area contributed by atoms with Crippen molar-refractivity contribution in [2.45, 2.75) is 24.8 Å². The summed E-state index contributed by atoms with van der Waals surface area (Å²) in [5.74, 6) is 0.230. The Labute approximate surface area is 154 Å². The van der Waals surface area contributed by atoms with Crippen LogP contribution in [0.2, 0.25) is 0 Å². The Hall–Kier alpha value is -1.68. The van der Waals surface area contributed by atoms with E-state index in [9.17, 15) is 13.2 Å². The van der Waals surface area contributed by atoms with E-state index >= 15 is 0 Å². The molecule has 0 bridgehead atoms. The maximum atomic E-state index is 12.0. The zero-order valence-corrected chi connectivity index (χ0v) is 16.0. The summed E-state index contributed by atoms with van der Waals surface area (Å²) < 4.78 is 37.3. The second-order valence-corrected chi connectivity index (χ2v) is 8.05. The van der Waals surface area contributed by atoms with Crippen molar-refractivity contribution in [2.75, 3.05) is 46.0 Å². The van der Waals surface area contributed by atoms with Crippen LogP contribution in [0.1, 0.15) is 13.8 Å². The summed E-state index contributed by atoms with van der Waals surface area (Å²) in [6.45, 7) is 7.97. The molecule has 9 heteroatoms. The predicted molar refractivity (Wildman–Crippen MR) is 97.7 cm³/mol. The van der Waals surface area contributed by atoms with Crippen molar-refractivity contribution in [3.05, 3.63) is 24.3 Å². The SMILES string of the molecule is CC(C)NS(=O)(=O)c1ccc(OCC(=O)NCCN2CCOCC2)cc1. The molecule has 0 aliphatic carbocycles. The van der Waals surface area contributed by atoms with Gasteiger partial charge in [0.2, 0.25) is 10.0 Å². The summed E-state index contributed by atoms with van der Waals surface area (Å²) in [4.78, 5) is 14.2. The minimum Gasteiger partial charge on any atom is -0.484 e. The van der Waals surface area contributed by atoms with Crippen LogP contribution in [0.3, 0.4) is 0 Å². The summed E-state index contributed by atoms with van der Waals surface area (Å²) in [7, 11) is -3.53. The van der Waals surface area contributed by atoms with Gasteiger partial charge >= 0.3 is 0 Å². The molecule has 1 fully saturated rings. The molecule has 0 aromatic heterocycles. The van der Waals surface area contributed by atoms with Crippen LogP contribution in [0.4, 0.5) is 0 Å². The normalized spacial score (nSPS) is 15.8. The minimum absolute atomic E-state index is 0.112. The van der Waals surface area contributed by atoms with Crippen molar-refractivity contribution in [3.63, 3.8) is 0 Å². The van der Waals surface area contributed by atoms with Crippen LogP contribution >= 0.6 is 0 Å². The summed E-state index contributed by atoms with van der Waals surface area (Å²) >= 11 is 0. The van der Waals surface area contributed by atoms with Crippen molar-refractivity contribution < 1.29 is 22.7 Å². The Morgan fingerprint density at radius 3 is 2.50 bits per heavy atom. The predicted octanol–water partition coefficient (Wildman–Crippen LogP) is 0.201. The molecule has 0 saturated carbocycles. The highest BCUT2D eigenvalue weighted by Gasteiger charge is 2.15. The fraction of sp³-hybridized carbons (Fsp3) is 0.588. The van der Waals surface area contributed by atoms with Crippen LogP contribution in [0.5, 0.6) is 5.75 Å². The fourth-order valence-electron chi connectivity index (χ4n) is 2.47. The maximum Gasteiger partial charge on any atom is 0.257 e. The Morgan fingerprint density at radius 1 is 1.23 bits per heavy atom. The highest BCUT2D eigenvalue weighted by Crippen LogP contribution is 2.16. The van der Waals surface area contributed by atoms with E-state index in [0.29, 0.717) is 12.3 Å². The van der Waals surface area contributed by atoms with Gasteiger partial charge in [-0.05, 0) is 38.1 Å². The Kier molecular flexibility index (Phi) is 7.83. The van der Waals surface area contributed by atoms with E-state index < -0.39 is 10.0 Å². The van der Waals surface area contributed by atoms with Gasteiger partial charge in [-0.3, -0.25) is 9.69 Å². The second kappa shape index (κ2) is 9.86. The molecule has 0 radical (unpaired) electrons. The number of hydrogen-bond acceptors (Lipinski definition) is 6. The first-order valence-electron chi connectivity index (χ1n) is 8.69. The molecule has 1 amide bonds. The zero-order chi connectivity index (χ0) is 19.0. The van der Waals surface area contributed by atoms with Crippen LogP contribution in [0, 0.1) is 0 Å². The molecule has 0 atom stereocenters. The maximum absolute atomic E-state index is 12.0. The number of benzene rings is 1. The Morgan fingerprint density at radius 2 is 1.88 bits per heavy atom. The lowest BCUT2D eigenvalue weighted by Gasteiger charge is -2.26. The molecule has 0 spiro atoms. The van der Waals surface area contributed by atoms with Crippen LogP contribution < -0.4 is 14.8 Å². The van der Waals surface area contributed by atoms with E-state index in [4.69, 9.17) is 9.47 Å². The van der Waals surface area contributed by atoms with Crippen LogP contribution in [-0.4, -0.2) is 71.3 Å². The van der Waals surface area contributed by atoms with E-state index in [1.165, 1.54) is 24.3 Å². The van der Waals surface area contributed by atoms with E-state index in [-0.39, 0.29) is 23.5 Å². The topological polar surface area (TPSA) is 97.0 Å². The molecule has 2 rings (SSSR count). The molecular formula is C17H27N3O5S. The smallest absolute Gasteiger partial charge is 0.257 e. The third-order valence-corrected chi connectivity index (χ3v) is 5.42. The second-order valence-electron chi connectivity index (χ2n) is 6.34. The van der Waals surface area contributed by atoms with E-state index in [2.05, 4.69) is 14.9 Å². The van der Waals surface area contributed by atoms with Gasteiger partial charge in [0.1, 0.15) is 5.75 Å². The number of carbonyl (C=O) groups excluding carboxylic acids is 1. The number of hydrogen-bond donors (Lipinski definition) is 2. The molecule has 1 aromatic carbocycles. The molecule has 1 saturated heterocycles. The van der Waals surface area contributed by atoms with Crippen molar-refractivity contribution in [2.24, 2.45) is 0 Å². The van der Waals surface area contributed by atoms with Crippen molar-refractivity contribution in [1.29, 1.82) is 0 Å². The summed E-state index contributed by atoms with van der Waals surface area (Å²) in [6.07, 6.45) is 0. The molecule has 8 nitrogen and oxygen atoms in total. The quantitative estimate of drug-likeness (QED) is 0.630. The number of nitrogens with zero attached hydrogens (tertiary/aromatic N) is 1. The van der Waals surface area contributed by atoms with E-state index in [1.54, 1.807) is 13.8 Å². The van der Waals surface area contributed by atoms with Crippen molar-refractivity contribution >= 4 is 15.9 Å². The summed E-state index contributed by atoms with van der Waals surface area (Å²) in [6, 6.07) is 5.80. The largest absolute Gasteiger partial charge is 0.484 e. The highest BCUT2D eigenvalue weighted by atomic mass is 32.2. The van der Waals surface area contributed by atoms with Crippen LogP contribution in [0.25, 0.3) is 0 Å². The lowest BCUT2D eigenvalue weighted by molar-refractivity contribution is -0.123. The zero-order valence-electron chi connectivity index (χ0n) is 15.2. The Balaban J connectivity index is 1.72. The number of ether oxygens (including phenoxy) is 2. The number of amides is 1. The number of nitrogens with one attached hydrogen (secondary N) is 2. The van der Waals surface area contributed by atoms with Gasteiger partial charge in [0.15, 0.2) is 6.61 Å². The lowest BCUT2D eigenvalue weighted by atomic mass is 10.3. The molecule has 0 unspecified atom stereocenters. The van der Waals surface area contributed by atoms with Gasteiger partial charge in [-0.25, -0.2) is 13.1 Å². The number of carbonyl (C=O) groups is 1. The van der Waals surface area contributed by atoms with E-state index in [1.807, 2.05) is 0 Å². The molecule has 1 heterocycles. The molecule has 2 N–H and O–H groups in total. The first kappa shape index (κ1) is 20.6. The highest BCUT2D eigenvalue weighted by molar-refractivity contribution is 7.89. The van der Waals surface area contributed by atoms with Gasteiger partial charge in [-0.1, -0.05) is 0 Å². The Bertz CT molecular complexity index is 670. The average molecular weight is 385 g/mol. The van der Waals surface area contributed by atoms with Crippen molar-refractivity contribution in [1.82, 2.24) is 14.9 Å². The summed E-state index contributed by atoms with van der Waals surface area (Å²) in [5.41, 5.74) is 0. The van der Waals surface area contributed by atoms with Gasteiger partial charge in [0.05, 0.1) is 18.1 Å². The standard InChI is InChI=1S/C17H27N3O5S/c1-14(2)19-26(22,23)16-5-3-15(4-6-16)25-13-17(21)18-7-8-20-9-11-24-12-10-20/h3-6,14,19H,7-13H2,1-2H3,(H,18,21). The van der Waals surface area contributed by atoms with Gasteiger partial charge in [-0.15, -0.1) is 0 Å². The van der Waals surface area contributed by atoms with Gasteiger partial charge in [-0.2, -0.15) is 0 Å². The monoisotopic (exact) mass is 385 g/mol. The van der Waals surface area contributed by atoms with Crippen molar-refractivity contribution in [3.8, 4) is 5.75 Å². The first-order valence-corrected chi connectivity index (χ1v) is 10.2.